The zero-order valence-corrected chi connectivity index (χ0v) is 12.2. The summed E-state index contributed by atoms with van der Waals surface area (Å²) in [4.78, 5) is 17.5. The quantitative estimate of drug-likeness (QED) is 0.847. The van der Waals surface area contributed by atoms with E-state index in [0.717, 1.165) is 13.1 Å². The van der Waals surface area contributed by atoms with Crippen LogP contribution in [0.3, 0.4) is 0 Å². The normalized spacial score (nSPS) is 21.4. The molecule has 1 saturated heterocycles. The Labute approximate surface area is 123 Å². The van der Waals surface area contributed by atoms with Crippen molar-refractivity contribution in [3.8, 4) is 0 Å². The monoisotopic (exact) mass is 294 g/mol. The highest BCUT2D eigenvalue weighted by Gasteiger charge is 2.37. The van der Waals surface area contributed by atoms with Crippen LogP contribution in [0.5, 0.6) is 0 Å². The third-order valence-corrected chi connectivity index (χ3v) is 5.03. The van der Waals surface area contributed by atoms with Crippen LogP contribution in [0.2, 0.25) is 5.15 Å². The Hall–Kier alpha value is -1.29. The minimum Gasteiger partial charge on any atom is -0.478 e. The number of carbonyl (C=O) groups is 1. The highest BCUT2D eigenvalue weighted by atomic mass is 35.5. The fourth-order valence-electron chi connectivity index (χ4n) is 3.60. The van der Waals surface area contributed by atoms with Gasteiger partial charge < -0.3 is 10.0 Å². The molecule has 1 aromatic rings. The van der Waals surface area contributed by atoms with Crippen LogP contribution in [0.4, 0.5) is 5.82 Å². The maximum Gasteiger partial charge on any atom is 0.335 e. The summed E-state index contributed by atoms with van der Waals surface area (Å²) in [5.74, 6) is -0.262. The fraction of sp³-hybridized carbons (Fsp3) is 0.600. The van der Waals surface area contributed by atoms with Crippen molar-refractivity contribution >= 4 is 23.4 Å². The molecule has 2 heterocycles. The van der Waals surface area contributed by atoms with Gasteiger partial charge in [-0.3, -0.25) is 0 Å². The van der Waals surface area contributed by atoms with Crippen LogP contribution in [-0.4, -0.2) is 29.1 Å². The van der Waals surface area contributed by atoms with Crippen LogP contribution >= 0.6 is 11.6 Å². The van der Waals surface area contributed by atoms with E-state index < -0.39 is 5.97 Å². The van der Waals surface area contributed by atoms with Gasteiger partial charge in [0, 0.05) is 13.1 Å². The van der Waals surface area contributed by atoms with Gasteiger partial charge in [-0.05, 0) is 43.2 Å². The molecule has 108 valence electrons. The molecule has 5 heteroatoms. The van der Waals surface area contributed by atoms with Gasteiger partial charge in [0.05, 0.1) is 5.56 Å². The van der Waals surface area contributed by atoms with E-state index >= 15 is 0 Å². The van der Waals surface area contributed by atoms with Crippen LogP contribution in [0.1, 0.15) is 48.9 Å². The first-order valence-corrected chi connectivity index (χ1v) is 7.62. The Morgan fingerprint density at radius 2 is 1.85 bits per heavy atom. The van der Waals surface area contributed by atoms with E-state index in [2.05, 4.69) is 9.88 Å². The maximum absolute atomic E-state index is 11.1. The molecule has 20 heavy (non-hydrogen) atoms. The molecule has 1 aliphatic carbocycles. The summed E-state index contributed by atoms with van der Waals surface area (Å²) in [6, 6.07) is 3.02. The number of pyridine rings is 1. The summed E-state index contributed by atoms with van der Waals surface area (Å²) in [6.45, 7) is 1.90. The van der Waals surface area contributed by atoms with Crippen molar-refractivity contribution in [1.82, 2.24) is 4.98 Å². The lowest BCUT2D eigenvalue weighted by atomic mass is 9.77. The molecule has 0 radical (unpaired) electrons. The minimum atomic E-state index is -0.958. The average molecular weight is 295 g/mol. The topological polar surface area (TPSA) is 53.4 Å². The maximum atomic E-state index is 11.1. The summed E-state index contributed by atoms with van der Waals surface area (Å²) >= 11 is 5.93. The zero-order valence-electron chi connectivity index (χ0n) is 11.4. The summed E-state index contributed by atoms with van der Waals surface area (Å²) in [7, 11) is 0. The van der Waals surface area contributed by atoms with Crippen molar-refractivity contribution in [1.29, 1.82) is 0 Å². The van der Waals surface area contributed by atoms with E-state index in [1.54, 1.807) is 6.07 Å². The standard InChI is InChI=1S/C15H19ClN2O2/c16-12-9-11(14(19)20)10-13(17-12)18-7-5-15(6-8-18)3-1-2-4-15/h9-10H,1-8H2,(H,19,20). The van der Waals surface area contributed by atoms with Crippen LogP contribution in [0.15, 0.2) is 12.1 Å². The van der Waals surface area contributed by atoms with Crippen LogP contribution in [0, 0.1) is 5.41 Å². The third-order valence-electron chi connectivity index (χ3n) is 4.84. The first kappa shape index (κ1) is 13.7. The highest BCUT2D eigenvalue weighted by Crippen LogP contribution is 2.46. The van der Waals surface area contributed by atoms with E-state index in [9.17, 15) is 4.79 Å². The first-order chi connectivity index (χ1) is 9.58. The molecule has 3 rings (SSSR count). The SMILES string of the molecule is O=C(O)c1cc(Cl)nc(N2CCC3(CCCC3)CC2)c1. The summed E-state index contributed by atoms with van der Waals surface area (Å²) in [5.41, 5.74) is 0.756. The highest BCUT2D eigenvalue weighted by molar-refractivity contribution is 6.29. The first-order valence-electron chi connectivity index (χ1n) is 7.24. The van der Waals surface area contributed by atoms with Crippen molar-refractivity contribution in [2.75, 3.05) is 18.0 Å². The molecule has 1 spiro atoms. The molecule has 4 nitrogen and oxygen atoms in total. The lowest BCUT2D eigenvalue weighted by Gasteiger charge is -2.40. The second-order valence-electron chi connectivity index (χ2n) is 6.04. The van der Waals surface area contributed by atoms with Crippen molar-refractivity contribution in [3.63, 3.8) is 0 Å². The molecule has 1 saturated carbocycles. The summed E-state index contributed by atoms with van der Waals surface area (Å²) in [6.07, 6.45) is 7.79. The summed E-state index contributed by atoms with van der Waals surface area (Å²) in [5, 5.41) is 9.35. The van der Waals surface area contributed by atoms with E-state index in [4.69, 9.17) is 16.7 Å². The zero-order chi connectivity index (χ0) is 14.2. The lowest BCUT2D eigenvalue weighted by Crippen LogP contribution is -2.39. The molecule has 0 amide bonds. The molecule has 0 unspecified atom stereocenters. The molecule has 0 atom stereocenters. The van der Waals surface area contributed by atoms with Crippen LogP contribution in [-0.2, 0) is 0 Å². The van der Waals surface area contributed by atoms with Crippen LogP contribution < -0.4 is 4.90 Å². The molecule has 1 N–H and O–H groups in total. The Morgan fingerprint density at radius 1 is 1.20 bits per heavy atom. The van der Waals surface area contributed by atoms with E-state index in [0.29, 0.717) is 11.2 Å². The Morgan fingerprint density at radius 3 is 2.45 bits per heavy atom. The number of aromatic nitrogens is 1. The number of nitrogens with zero attached hydrogens (tertiary/aromatic N) is 2. The van der Waals surface area contributed by atoms with Crippen LogP contribution in [0.25, 0.3) is 0 Å². The number of aromatic carboxylic acids is 1. The van der Waals surface area contributed by atoms with Crippen molar-refractivity contribution in [3.05, 3.63) is 22.8 Å². The van der Waals surface area contributed by atoms with Gasteiger partial charge in [0.2, 0.25) is 0 Å². The largest absolute Gasteiger partial charge is 0.478 e. The number of anilines is 1. The third kappa shape index (κ3) is 2.62. The van der Waals surface area contributed by atoms with Gasteiger partial charge in [-0.1, -0.05) is 24.4 Å². The van der Waals surface area contributed by atoms with Crippen molar-refractivity contribution < 1.29 is 9.90 Å². The minimum absolute atomic E-state index is 0.209. The Kier molecular flexibility index (Phi) is 3.59. The Balaban J connectivity index is 1.76. The van der Waals surface area contributed by atoms with Gasteiger partial charge in [-0.25, -0.2) is 9.78 Å². The van der Waals surface area contributed by atoms with Crippen molar-refractivity contribution in [2.24, 2.45) is 5.41 Å². The predicted molar refractivity (Wildman–Crippen MR) is 78.6 cm³/mol. The number of halogens is 1. The smallest absolute Gasteiger partial charge is 0.335 e. The molecular weight excluding hydrogens is 276 g/mol. The Bertz CT molecular complexity index is 517. The number of hydrogen-bond donors (Lipinski definition) is 1. The van der Waals surface area contributed by atoms with Gasteiger partial charge >= 0.3 is 5.97 Å². The fourth-order valence-corrected chi connectivity index (χ4v) is 3.81. The molecule has 2 fully saturated rings. The lowest BCUT2D eigenvalue weighted by molar-refractivity contribution is 0.0696. The molecule has 1 aromatic heterocycles. The molecular formula is C15H19ClN2O2. The van der Waals surface area contributed by atoms with Crippen molar-refractivity contribution in [2.45, 2.75) is 38.5 Å². The van der Waals surface area contributed by atoms with Gasteiger partial charge in [-0.2, -0.15) is 0 Å². The average Bonchev–Trinajstić information content (AvgIpc) is 2.87. The van der Waals surface area contributed by atoms with Gasteiger partial charge in [0.1, 0.15) is 11.0 Å². The van der Waals surface area contributed by atoms with Gasteiger partial charge in [0.15, 0.2) is 0 Å². The molecule has 0 aromatic carbocycles. The number of carboxylic acid groups (broad SMARTS) is 1. The number of piperidine rings is 1. The van der Waals surface area contributed by atoms with E-state index in [1.807, 2.05) is 0 Å². The predicted octanol–water partition coefficient (Wildman–Crippen LogP) is 3.59. The number of carboxylic acids is 1. The molecule has 2 aliphatic rings. The second kappa shape index (κ2) is 5.24. The summed E-state index contributed by atoms with van der Waals surface area (Å²) < 4.78 is 0. The van der Waals surface area contributed by atoms with E-state index in [-0.39, 0.29) is 10.7 Å². The second-order valence-corrected chi connectivity index (χ2v) is 6.42. The van der Waals surface area contributed by atoms with Gasteiger partial charge in [0.25, 0.3) is 0 Å². The van der Waals surface area contributed by atoms with E-state index in [1.165, 1.54) is 44.6 Å². The molecule has 1 aliphatic heterocycles. The number of rotatable bonds is 2. The number of hydrogen-bond acceptors (Lipinski definition) is 3. The van der Waals surface area contributed by atoms with Gasteiger partial charge in [-0.15, -0.1) is 0 Å². The molecule has 0 bridgehead atoms.